The van der Waals surface area contributed by atoms with Crippen molar-refractivity contribution in [2.24, 2.45) is 22.7 Å². The Balaban J connectivity index is 2.10. The maximum absolute atomic E-state index is 12.7. The predicted octanol–water partition coefficient (Wildman–Crippen LogP) is 0.702. The molecule has 2 heterocycles. The zero-order chi connectivity index (χ0) is 14.7. The van der Waals surface area contributed by atoms with Gasteiger partial charge in [0.2, 0.25) is 5.91 Å². The van der Waals surface area contributed by atoms with E-state index in [0.29, 0.717) is 6.04 Å². The monoisotopic (exact) mass is 282 g/mol. The van der Waals surface area contributed by atoms with Gasteiger partial charge in [-0.2, -0.15) is 0 Å². The van der Waals surface area contributed by atoms with Crippen molar-refractivity contribution < 1.29 is 10.0 Å². The highest BCUT2D eigenvalue weighted by Gasteiger charge is 2.35. The van der Waals surface area contributed by atoms with Gasteiger partial charge in [-0.25, -0.2) is 0 Å². The molecule has 114 valence electrons. The third kappa shape index (κ3) is 3.06. The summed E-state index contributed by atoms with van der Waals surface area (Å²) in [6.45, 7) is 7.64. The van der Waals surface area contributed by atoms with Crippen LogP contribution in [0.5, 0.6) is 0 Å². The van der Waals surface area contributed by atoms with E-state index in [1.165, 1.54) is 12.8 Å². The Morgan fingerprint density at radius 1 is 1.30 bits per heavy atom. The molecule has 2 fully saturated rings. The number of fused-ring (bicyclic) bond motifs is 1. The second-order valence-electron chi connectivity index (χ2n) is 6.22. The number of rotatable bonds is 3. The van der Waals surface area contributed by atoms with Crippen molar-refractivity contribution in [3.05, 3.63) is 0 Å². The lowest BCUT2D eigenvalue weighted by Gasteiger charge is -2.30. The van der Waals surface area contributed by atoms with Crippen LogP contribution in [0.15, 0.2) is 5.16 Å². The highest BCUT2D eigenvalue weighted by Crippen LogP contribution is 2.23. The normalized spacial score (nSPS) is 26.4. The maximum atomic E-state index is 12.7. The summed E-state index contributed by atoms with van der Waals surface area (Å²) in [4.78, 5) is 17.1. The molecule has 0 radical (unpaired) electrons. The summed E-state index contributed by atoms with van der Waals surface area (Å²) < 4.78 is 0. The summed E-state index contributed by atoms with van der Waals surface area (Å²) in [5.41, 5.74) is 5.71. The van der Waals surface area contributed by atoms with E-state index in [2.05, 4.69) is 10.1 Å². The maximum Gasteiger partial charge on any atom is 0.233 e. The van der Waals surface area contributed by atoms with Crippen LogP contribution in [0.1, 0.15) is 33.1 Å². The minimum absolute atomic E-state index is 0.00375. The fourth-order valence-corrected chi connectivity index (χ4v) is 3.42. The number of carbonyl (C=O) groups is 1. The van der Waals surface area contributed by atoms with Crippen LogP contribution in [0.4, 0.5) is 0 Å². The number of oxime groups is 1. The first kappa shape index (κ1) is 15.1. The lowest BCUT2D eigenvalue weighted by molar-refractivity contribution is -0.134. The first-order valence-electron chi connectivity index (χ1n) is 7.55. The summed E-state index contributed by atoms with van der Waals surface area (Å²) in [5, 5.41) is 11.9. The van der Waals surface area contributed by atoms with Gasteiger partial charge in [0.15, 0.2) is 5.84 Å². The van der Waals surface area contributed by atoms with Crippen LogP contribution in [0.2, 0.25) is 0 Å². The van der Waals surface area contributed by atoms with E-state index < -0.39 is 5.92 Å². The molecule has 0 aromatic rings. The van der Waals surface area contributed by atoms with Crippen LogP contribution < -0.4 is 5.73 Å². The minimum Gasteiger partial charge on any atom is -0.409 e. The van der Waals surface area contributed by atoms with Gasteiger partial charge in [-0.1, -0.05) is 19.0 Å². The lowest BCUT2D eigenvalue weighted by Crippen LogP contribution is -2.47. The van der Waals surface area contributed by atoms with E-state index >= 15 is 0 Å². The number of nitrogens with two attached hydrogens (primary N) is 1. The molecule has 0 spiro atoms. The number of amidine groups is 1. The summed E-state index contributed by atoms with van der Waals surface area (Å²) in [6.07, 6.45) is 3.39. The Morgan fingerprint density at radius 2 is 2.00 bits per heavy atom. The Morgan fingerprint density at radius 3 is 2.65 bits per heavy atom. The second kappa shape index (κ2) is 6.43. The fraction of sp³-hybridized carbons (Fsp3) is 0.857. The minimum atomic E-state index is -0.520. The van der Waals surface area contributed by atoms with Gasteiger partial charge in [-0.3, -0.25) is 9.69 Å². The highest BCUT2D eigenvalue weighted by atomic mass is 16.4. The Labute approximate surface area is 120 Å². The van der Waals surface area contributed by atoms with E-state index in [0.717, 1.165) is 32.6 Å². The van der Waals surface area contributed by atoms with Crippen LogP contribution in [-0.2, 0) is 4.79 Å². The zero-order valence-electron chi connectivity index (χ0n) is 12.5. The highest BCUT2D eigenvalue weighted by molar-refractivity contribution is 6.02. The van der Waals surface area contributed by atoms with Gasteiger partial charge >= 0.3 is 0 Å². The van der Waals surface area contributed by atoms with Gasteiger partial charge in [0.1, 0.15) is 5.92 Å². The van der Waals surface area contributed by atoms with Gasteiger partial charge < -0.3 is 15.8 Å². The summed E-state index contributed by atoms with van der Waals surface area (Å²) >= 11 is 0. The Bertz CT molecular complexity index is 383. The SMILES string of the molecule is CC(C)C(C(=O)N1CCCN2CCCC2C1)C(N)=NO. The molecule has 2 aliphatic rings. The van der Waals surface area contributed by atoms with Crippen LogP contribution in [0, 0.1) is 11.8 Å². The second-order valence-corrected chi connectivity index (χ2v) is 6.22. The number of carbonyl (C=O) groups excluding carboxylic acids is 1. The molecule has 0 aliphatic carbocycles. The van der Waals surface area contributed by atoms with Crippen LogP contribution in [-0.4, -0.2) is 59.0 Å². The lowest BCUT2D eigenvalue weighted by atomic mass is 9.93. The van der Waals surface area contributed by atoms with Crippen LogP contribution in [0.3, 0.4) is 0 Å². The quantitative estimate of drug-likeness (QED) is 0.345. The van der Waals surface area contributed by atoms with Crippen molar-refractivity contribution in [1.29, 1.82) is 0 Å². The molecule has 6 nitrogen and oxygen atoms in total. The predicted molar refractivity (Wildman–Crippen MR) is 77.5 cm³/mol. The molecular formula is C14H26N4O2. The van der Waals surface area contributed by atoms with E-state index in [9.17, 15) is 4.79 Å². The average Bonchev–Trinajstić information content (AvgIpc) is 2.75. The largest absolute Gasteiger partial charge is 0.409 e. The molecule has 3 N–H and O–H groups in total. The fourth-order valence-electron chi connectivity index (χ4n) is 3.42. The molecule has 0 saturated carbocycles. The van der Waals surface area contributed by atoms with Gasteiger partial charge in [-0.05, 0) is 31.7 Å². The Hall–Kier alpha value is -1.30. The molecular weight excluding hydrogens is 256 g/mol. The summed E-state index contributed by atoms with van der Waals surface area (Å²) in [6, 6.07) is 0.488. The molecule has 2 atom stereocenters. The van der Waals surface area contributed by atoms with E-state index in [4.69, 9.17) is 10.9 Å². The van der Waals surface area contributed by atoms with Crippen molar-refractivity contribution in [2.75, 3.05) is 26.2 Å². The van der Waals surface area contributed by atoms with Crippen molar-refractivity contribution in [2.45, 2.75) is 39.2 Å². The zero-order valence-corrected chi connectivity index (χ0v) is 12.5. The van der Waals surface area contributed by atoms with Crippen molar-refractivity contribution in [1.82, 2.24) is 9.80 Å². The standard InChI is InChI=1S/C14H26N4O2/c1-10(2)12(13(15)16-20)14(19)18-8-4-7-17-6-3-5-11(17)9-18/h10-12,20H,3-9H2,1-2H3,(H2,15,16). The molecule has 20 heavy (non-hydrogen) atoms. The van der Waals surface area contributed by atoms with Gasteiger partial charge in [-0.15, -0.1) is 0 Å². The smallest absolute Gasteiger partial charge is 0.233 e. The molecule has 2 unspecified atom stereocenters. The number of hydrogen-bond donors (Lipinski definition) is 2. The van der Waals surface area contributed by atoms with E-state index in [-0.39, 0.29) is 17.7 Å². The Kier molecular flexibility index (Phi) is 4.86. The molecule has 0 bridgehead atoms. The first-order chi connectivity index (χ1) is 9.54. The third-order valence-corrected chi connectivity index (χ3v) is 4.48. The van der Waals surface area contributed by atoms with Crippen molar-refractivity contribution >= 4 is 11.7 Å². The van der Waals surface area contributed by atoms with E-state index in [1.807, 2.05) is 18.7 Å². The molecule has 2 rings (SSSR count). The van der Waals surface area contributed by atoms with Gasteiger partial charge in [0.05, 0.1) is 0 Å². The number of amides is 1. The van der Waals surface area contributed by atoms with E-state index in [1.54, 1.807) is 0 Å². The first-order valence-corrected chi connectivity index (χ1v) is 7.55. The molecule has 0 aromatic carbocycles. The van der Waals surface area contributed by atoms with Gasteiger partial charge in [0.25, 0.3) is 0 Å². The molecule has 2 saturated heterocycles. The van der Waals surface area contributed by atoms with Crippen molar-refractivity contribution in [3.63, 3.8) is 0 Å². The third-order valence-electron chi connectivity index (χ3n) is 4.48. The average molecular weight is 282 g/mol. The summed E-state index contributed by atoms with van der Waals surface area (Å²) in [5.74, 6) is -0.462. The summed E-state index contributed by atoms with van der Waals surface area (Å²) in [7, 11) is 0. The van der Waals surface area contributed by atoms with Crippen LogP contribution in [0.25, 0.3) is 0 Å². The topological polar surface area (TPSA) is 82.2 Å². The molecule has 2 aliphatic heterocycles. The number of nitrogens with zero attached hydrogens (tertiary/aromatic N) is 3. The molecule has 0 aromatic heterocycles. The van der Waals surface area contributed by atoms with Crippen molar-refractivity contribution in [3.8, 4) is 0 Å². The molecule has 6 heteroatoms. The van der Waals surface area contributed by atoms with Crippen LogP contribution >= 0.6 is 0 Å². The van der Waals surface area contributed by atoms with Gasteiger partial charge in [0, 0.05) is 25.7 Å². The molecule has 1 amide bonds. The number of hydrogen-bond acceptors (Lipinski definition) is 4.